The molecule has 1 aromatic heterocycles. The van der Waals surface area contributed by atoms with Crippen LogP contribution in [0.2, 0.25) is 0 Å². The fourth-order valence-electron chi connectivity index (χ4n) is 1.60. The van der Waals surface area contributed by atoms with Gasteiger partial charge < -0.3 is 10.5 Å². The maximum absolute atomic E-state index is 13.7. The Morgan fingerprint density at radius 1 is 1.17 bits per heavy atom. The van der Waals surface area contributed by atoms with Crippen molar-refractivity contribution in [3.63, 3.8) is 0 Å². The summed E-state index contributed by atoms with van der Waals surface area (Å²) in [4.78, 5) is 3.93. The second-order valence-corrected chi connectivity index (χ2v) is 3.70. The number of nitrogens with zero attached hydrogens (tertiary/aromatic N) is 1. The Balaban J connectivity index is 2.48. The Kier molecular flexibility index (Phi) is 3.41. The summed E-state index contributed by atoms with van der Waals surface area (Å²) in [6.45, 7) is 2.31. The molecule has 18 heavy (non-hydrogen) atoms. The van der Waals surface area contributed by atoms with E-state index in [1.165, 1.54) is 12.4 Å². The van der Waals surface area contributed by atoms with Gasteiger partial charge in [-0.25, -0.2) is 8.78 Å². The molecule has 0 saturated carbocycles. The summed E-state index contributed by atoms with van der Waals surface area (Å²) in [5.41, 5.74) is 5.62. The summed E-state index contributed by atoms with van der Waals surface area (Å²) in [6, 6.07) is 3.61. The highest BCUT2D eigenvalue weighted by molar-refractivity contribution is 5.67. The van der Waals surface area contributed by atoms with Crippen LogP contribution >= 0.6 is 0 Å². The molecule has 0 aliphatic rings. The van der Waals surface area contributed by atoms with Crippen LogP contribution in [0.4, 0.5) is 14.5 Å². The first kappa shape index (κ1) is 12.3. The van der Waals surface area contributed by atoms with Gasteiger partial charge in [-0.2, -0.15) is 0 Å². The van der Waals surface area contributed by atoms with Gasteiger partial charge in [0.1, 0.15) is 17.4 Å². The van der Waals surface area contributed by atoms with Gasteiger partial charge in [0.2, 0.25) is 0 Å². The minimum atomic E-state index is -0.659. The average molecular weight is 250 g/mol. The number of benzene rings is 1. The molecule has 0 bridgehead atoms. The third kappa shape index (κ3) is 2.40. The highest BCUT2D eigenvalue weighted by Crippen LogP contribution is 2.28. The molecule has 0 aliphatic carbocycles. The summed E-state index contributed by atoms with van der Waals surface area (Å²) < 4.78 is 32.3. The van der Waals surface area contributed by atoms with E-state index in [1.54, 1.807) is 6.07 Å². The maximum Gasteiger partial charge on any atom is 0.146 e. The van der Waals surface area contributed by atoms with E-state index in [2.05, 4.69) is 4.98 Å². The van der Waals surface area contributed by atoms with Gasteiger partial charge in [-0.1, -0.05) is 0 Å². The van der Waals surface area contributed by atoms with E-state index in [4.69, 9.17) is 10.5 Å². The predicted molar refractivity (Wildman–Crippen MR) is 65.2 cm³/mol. The van der Waals surface area contributed by atoms with Gasteiger partial charge >= 0.3 is 0 Å². The normalized spacial score (nSPS) is 10.4. The van der Waals surface area contributed by atoms with Crippen LogP contribution in [0.1, 0.15) is 6.92 Å². The smallest absolute Gasteiger partial charge is 0.146 e. The molecule has 0 atom stereocenters. The Labute approximate surface area is 103 Å². The molecule has 94 valence electrons. The van der Waals surface area contributed by atoms with Gasteiger partial charge in [0.05, 0.1) is 18.5 Å². The van der Waals surface area contributed by atoms with Crippen molar-refractivity contribution in [3.05, 3.63) is 42.2 Å². The number of nitrogens with two attached hydrogens (primary N) is 1. The van der Waals surface area contributed by atoms with Gasteiger partial charge in [0.25, 0.3) is 0 Å². The third-order valence-corrected chi connectivity index (χ3v) is 2.42. The van der Waals surface area contributed by atoms with Crippen molar-refractivity contribution in [3.8, 4) is 16.9 Å². The van der Waals surface area contributed by atoms with Crippen LogP contribution in [0.5, 0.6) is 5.75 Å². The average Bonchev–Trinajstić information content (AvgIpc) is 2.34. The number of anilines is 1. The molecule has 0 unspecified atom stereocenters. The molecule has 0 aliphatic heterocycles. The van der Waals surface area contributed by atoms with Crippen LogP contribution in [0.25, 0.3) is 11.1 Å². The van der Waals surface area contributed by atoms with E-state index in [1.807, 2.05) is 6.92 Å². The van der Waals surface area contributed by atoms with Crippen LogP contribution in [0, 0.1) is 11.6 Å². The van der Waals surface area contributed by atoms with Crippen LogP contribution in [0.15, 0.2) is 30.6 Å². The summed E-state index contributed by atoms with van der Waals surface area (Å²) >= 11 is 0. The lowest BCUT2D eigenvalue weighted by atomic mass is 10.1. The summed E-state index contributed by atoms with van der Waals surface area (Å²) in [5, 5.41) is 0. The molecule has 0 saturated heterocycles. The number of nitrogen functional groups attached to an aromatic ring is 1. The van der Waals surface area contributed by atoms with Crippen molar-refractivity contribution in [2.45, 2.75) is 6.92 Å². The second kappa shape index (κ2) is 5.00. The lowest BCUT2D eigenvalue weighted by Gasteiger charge is -2.07. The first-order chi connectivity index (χ1) is 8.61. The number of halogens is 2. The fraction of sp³-hybridized carbons (Fsp3) is 0.154. The first-order valence-corrected chi connectivity index (χ1v) is 5.44. The number of hydrogen-bond donors (Lipinski definition) is 1. The van der Waals surface area contributed by atoms with Gasteiger partial charge in [-0.05, 0) is 19.1 Å². The Hall–Kier alpha value is -2.17. The molecule has 0 fully saturated rings. The molecule has 1 aromatic carbocycles. The standard InChI is InChI=1S/C13H12F2N2O/c1-2-18-9-3-8(6-17-7-9)10-4-12(15)13(16)5-11(10)14/h3-7H,2,16H2,1H3. The van der Waals surface area contributed by atoms with Gasteiger partial charge in [-0.3, -0.25) is 4.98 Å². The molecule has 0 spiro atoms. The van der Waals surface area contributed by atoms with Gasteiger partial charge in [0, 0.05) is 23.4 Å². The quantitative estimate of drug-likeness (QED) is 0.852. The molecule has 2 rings (SSSR count). The zero-order valence-electron chi connectivity index (χ0n) is 9.78. The molecular formula is C13H12F2N2O. The van der Waals surface area contributed by atoms with Gasteiger partial charge in [-0.15, -0.1) is 0 Å². The molecule has 0 radical (unpaired) electrons. The van der Waals surface area contributed by atoms with E-state index in [0.29, 0.717) is 17.9 Å². The molecule has 5 heteroatoms. The summed E-state index contributed by atoms with van der Waals surface area (Å²) in [6.07, 6.45) is 2.95. The number of rotatable bonds is 3. The highest BCUT2D eigenvalue weighted by atomic mass is 19.1. The topological polar surface area (TPSA) is 48.1 Å². The monoisotopic (exact) mass is 250 g/mol. The maximum atomic E-state index is 13.7. The van der Waals surface area contributed by atoms with Crippen molar-refractivity contribution >= 4 is 5.69 Å². The van der Waals surface area contributed by atoms with Crippen LogP contribution in [-0.2, 0) is 0 Å². The van der Waals surface area contributed by atoms with Crippen molar-refractivity contribution < 1.29 is 13.5 Å². The molecular weight excluding hydrogens is 238 g/mol. The fourth-order valence-corrected chi connectivity index (χ4v) is 1.60. The van der Waals surface area contributed by atoms with Crippen molar-refractivity contribution in [1.29, 1.82) is 0 Å². The first-order valence-electron chi connectivity index (χ1n) is 5.44. The Morgan fingerprint density at radius 2 is 1.94 bits per heavy atom. The predicted octanol–water partition coefficient (Wildman–Crippen LogP) is 3.01. The highest BCUT2D eigenvalue weighted by Gasteiger charge is 2.11. The minimum Gasteiger partial charge on any atom is -0.492 e. The lowest BCUT2D eigenvalue weighted by Crippen LogP contribution is -1.96. The minimum absolute atomic E-state index is 0.107. The lowest BCUT2D eigenvalue weighted by molar-refractivity contribution is 0.339. The van der Waals surface area contributed by atoms with E-state index in [0.717, 1.165) is 12.1 Å². The summed E-state index contributed by atoms with van der Waals surface area (Å²) in [7, 11) is 0. The Bertz CT molecular complexity index is 573. The zero-order chi connectivity index (χ0) is 13.1. The molecule has 0 amide bonds. The molecule has 1 heterocycles. The Morgan fingerprint density at radius 3 is 2.67 bits per heavy atom. The van der Waals surface area contributed by atoms with E-state index in [9.17, 15) is 8.78 Å². The van der Waals surface area contributed by atoms with Crippen LogP contribution in [-0.4, -0.2) is 11.6 Å². The van der Waals surface area contributed by atoms with Crippen LogP contribution in [0.3, 0.4) is 0 Å². The second-order valence-electron chi connectivity index (χ2n) is 3.70. The van der Waals surface area contributed by atoms with E-state index < -0.39 is 11.6 Å². The number of aromatic nitrogens is 1. The molecule has 3 nitrogen and oxygen atoms in total. The largest absolute Gasteiger partial charge is 0.492 e. The number of hydrogen-bond acceptors (Lipinski definition) is 3. The zero-order valence-corrected chi connectivity index (χ0v) is 9.78. The number of pyridine rings is 1. The van der Waals surface area contributed by atoms with Gasteiger partial charge in [0.15, 0.2) is 0 Å². The number of ether oxygens (including phenoxy) is 1. The van der Waals surface area contributed by atoms with E-state index in [-0.39, 0.29) is 11.3 Å². The molecule has 2 N–H and O–H groups in total. The summed E-state index contributed by atoms with van der Waals surface area (Å²) in [5.74, 6) is -0.746. The van der Waals surface area contributed by atoms with Crippen molar-refractivity contribution in [2.75, 3.05) is 12.3 Å². The third-order valence-electron chi connectivity index (χ3n) is 2.42. The van der Waals surface area contributed by atoms with Crippen molar-refractivity contribution in [2.24, 2.45) is 0 Å². The van der Waals surface area contributed by atoms with Crippen LogP contribution < -0.4 is 10.5 Å². The van der Waals surface area contributed by atoms with E-state index >= 15 is 0 Å². The van der Waals surface area contributed by atoms with Crippen molar-refractivity contribution in [1.82, 2.24) is 4.98 Å². The SMILES string of the molecule is CCOc1cncc(-c2cc(F)c(N)cc2F)c1. The molecule has 2 aromatic rings.